The molecule has 9 nitrogen and oxygen atoms in total. The number of fused-ring (bicyclic) bond motifs is 1. The summed E-state index contributed by atoms with van der Waals surface area (Å²) in [6.45, 7) is 7.06. The van der Waals surface area contributed by atoms with E-state index in [0.717, 1.165) is 44.8 Å². The van der Waals surface area contributed by atoms with Crippen molar-refractivity contribution in [2.75, 3.05) is 45.1 Å². The second-order valence-electron chi connectivity index (χ2n) is 9.69. The summed E-state index contributed by atoms with van der Waals surface area (Å²) in [6, 6.07) is 12.6. The van der Waals surface area contributed by atoms with E-state index >= 15 is 0 Å². The highest BCUT2D eigenvalue weighted by atomic mass is 19.1. The van der Waals surface area contributed by atoms with Crippen LogP contribution in [0.5, 0.6) is 0 Å². The number of aromatic nitrogens is 3. The number of amides is 1. The summed E-state index contributed by atoms with van der Waals surface area (Å²) in [7, 11) is 2.16. The van der Waals surface area contributed by atoms with E-state index in [1.165, 1.54) is 24.0 Å². The number of carbonyl (C=O) groups is 1. The van der Waals surface area contributed by atoms with Gasteiger partial charge >= 0.3 is 0 Å². The Hall–Kier alpha value is -4.15. The first kappa shape index (κ1) is 25.5. The summed E-state index contributed by atoms with van der Waals surface area (Å²) in [5, 5.41) is 3.32. The van der Waals surface area contributed by atoms with Crippen LogP contribution in [0.15, 0.2) is 59.7 Å². The van der Waals surface area contributed by atoms with Crippen LogP contribution in [0.1, 0.15) is 21.5 Å². The Morgan fingerprint density at radius 1 is 1.11 bits per heavy atom. The molecule has 2 aromatic carbocycles. The molecule has 0 atom stereocenters. The van der Waals surface area contributed by atoms with Crippen molar-refractivity contribution in [1.29, 1.82) is 0 Å². The monoisotopic (exact) mass is 515 g/mol. The van der Waals surface area contributed by atoms with Gasteiger partial charge < -0.3 is 25.4 Å². The number of nitrogens with two attached hydrogens (primary N) is 1. The average molecular weight is 516 g/mol. The summed E-state index contributed by atoms with van der Waals surface area (Å²) >= 11 is 0. The first-order valence-corrected chi connectivity index (χ1v) is 12.5. The number of benzene rings is 2. The fourth-order valence-corrected chi connectivity index (χ4v) is 4.56. The van der Waals surface area contributed by atoms with Gasteiger partial charge in [-0.25, -0.2) is 9.37 Å². The van der Waals surface area contributed by atoms with Gasteiger partial charge in [0.15, 0.2) is 5.65 Å². The maximum Gasteiger partial charge on any atom is 0.254 e. The van der Waals surface area contributed by atoms with Crippen molar-refractivity contribution in [3.63, 3.8) is 0 Å². The molecule has 0 bridgehead atoms. The summed E-state index contributed by atoms with van der Waals surface area (Å²) in [6.07, 6.45) is 3.68. The number of hydrogen-bond donors (Lipinski definition) is 2. The molecule has 0 spiro atoms. The third-order valence-corrected chi connectivity index (χ3v) is 6.95. The highest BCUT2D eigenvalue weighted by Crippen LogP contribution is 2.21. The molecule has 1 aliphatic rings. The average Bonchev–Trinajstić information content (AvgIpc) is 2.91. The van der Waals surface area contributed by atoms with Crippen molar-refractivity contribution >= 4 is 28.6 Å². The SMILES string of the molecule is Cc1cc(-n2cc(C(N)=O)c(=O)c3cnc(Nc4ccc(CCN5CCN(C)CC5)cc4)nc32)ccc1F. The maximum absolute atomic E-state index is 13.9. The molecule has 2 aromatic heterocycles. The Balaban J connectivity index is 1.40. The van der Waals surface area contributed by atoms with Crippen LogP contribution < -0.4 is 16.5 Å². The van der Waals surface area contributed by atoms with E-state index in [1.54, 1.807) is 23.6 Å². The van der Waals surface area contributed by atoms with Crippen LogP contribution in [0.3, 0.4) is 0 Å². The molecule has 4 aromatic rings. The molecular weight excluding hydrogens is 485 g/mol. The van der Waals surface area contributed by atoms with Gasteiger partial charge in [-0.15, -0.1) is 0 Å². The van der Waals surface area contributed by atoms with E-state index in [2.05, 4.69) is 44.3 Å². The molecular formula is C28H30FN7O2. The Kier molecular flexibility index (Phi) is 7.17. The number of pyridine rings is 1. The Morgan fingerprint density at radius 2 is 1.84 bits per heavy atom. The van der Waals surface area contributed by atoms with Gasteiger partial charge in [0.1, 0.15) is 11.4 Å². The van der Waals surface area contributed by atoms with E-state index in [4.69, 9.17) is 5.73 Å². The number of aryl methyl sites for hydroxylation is 1. The summed E-state index contributed by atoms with van der Waals surface area (Å²) < 4.78 is 15.5. The Bertz CT molecular complexity index is 1540. The smallest absolute Gasteiger partial charge is 0.254 e. The number of primary amides is 1. The molecule has 0 radical (unpaired) electrons. The van der Waals surface area contributed by atoms with Gasteiger partial charge in [-0.05, 0) is 61.9 Å². The van der Waals surface area contributed by atoms with Gasteiger partial charge in [-0.2, -0.15) is 4.98 Å². The van der Waals surface area contributed by atoms with E-state index in [0.29, 0.717) is 11.3 Å². The highest BCUT2D eigenvalue weighted by Gasteiger charge is 2.17. The predicted molar refractivity (Wildman–Crippen MR) is 146 cm³/mol. The Morgan fingerprint density at radius 3 is 2.53 bits per heavy atom. The van der Waals surface area contributed by atoms with E-state index < -0.39 is 11.3 Å². The number of anilines is 2. The van der Waals surface area contributed by atoms with Crippen LogP contribution in [-0.4, -0.2) is 70.0 Å². The number of carbonyl (C=O) groups excluding carboxylic acids is 1. The minimum atomic E-state index is -0.862. The van der Waals surface area contributed by atoms with Crippen LogP contribution in [0, 0.1) is 12.7 Å². The number of rotatable bonds is 7. The lowest BCUT2D eigenvalue weighted by Crippen LogP contribution is -2.45. The van der Waals surface area contributed by atoms with Gasteiger partial charge in [0, 0.05) is 56.5 Å². The van der Waals surface area contributed by atoms with Crippen LogP contribution >= 0.6 is 0 Å². The topological polar surface area (TPSA) is 109 Å². The van der Waals surface area contributed by atoms with Crippen molar-refractivity contribution < 1.29 is 9.18 Å². The molecule has 0 aliphatic carbocycles. The second kappa shape index (κ2) is 10.7. The lowest BCUT2D eigenvalue weighted by atomic mass is 10.1. The number of likely N-dealkylation sites (N-methyl/N-ethyl adjacent to an activating group) is 1. The van der Waals surface area contributed by atoms with Crippen LogP contribution in [0.25, 0.3) is 16.7 Å². The predicted octanol–water partition coefficient (Wildman–Crippen LogP) is 2.86. The number of halogens is 1. The minimum absolute atomic E-state index is 0.132. The molecule has 10 heteroatoms. The number of nitrogens with zero attached hydrogens (tertiary/aromatic N) is 5. The van der Waals surface area contributed by atoms with Gasteiger partial charge in [0.05, 0.1) is 5.39 Å². The molecule has 196 valence electrons. The van der Waals surface area contributed by atoms with Crippen LogP contribution in [-0.2, 0) is 6.42 Å². The standard InChI is InChI=1S/C28H30FN7O2/c1-18-15-21(7-8-24(18)29)36-17-23(26(30)38)25(37)22-16-31-28(33-27(22)36)32-20-5-3-19(4-6-20)9-10-35-13-11-34(2)12-14-35/h3-8,15-17H,9-14H2,1-2H3,(H2,30,38)(H,31,32,33). The number of hydrogen-bond acceptors (Lipinski definition) is 7. The van der Waals surface area contributed by atoms with Crippen molar-refractivity contribution in [2.45, 2.75) is 13.3 Å². The molecule has 3 heterocycles. The molecule has 3 N–H and O–H groups in total. The van der Waals surface area contributed by atoms with Crippen LogP contribution in [0.4, 0.5) is 16.0 Å². The number of piperazine rings is 1. The zero-order valence-electron chi connectivity index (χ0n) is 21.4. The summed E-state index contributed by atoms with van der Waals surface area (Å²) in [5.74, 6) is -0.945. The van der Waals surface area contributed by atoms with Crippen molar-refractivity contribution in [1.82, 2.24) is 24.3 Å². The molecule has 0 saturated carbocycles. The van der Waals surface area contributed by atoms with Crippen molar-refractivity contribution in [3.05, 3.63) is 87.6 Å². The fourth-order valence-electron chi connectivity index (χ4n) is 4.56. The lowest BCUT2D eigenvalue weighted by molar-refractivity contribution is 0.0999. The van der Waals surface area contributed by atoms with E-state index in [1.807, 2.05) is 12.1 Å². The quantitative estimate of drug-likeness (QED) is 0.390. The molecule has 1 aliphatic heterocycles. The normalized spacial score (nSPS) is 14.6. The van der Waals surface area contributed by atoms with Gasteiger partial charge in [0.25, 0.3) is 5.91 Å². The van der Waals surface area contributed by atoms with Crippen molar-refractivity contribution in [3.8, 4) is 5.69 Å². The summed E-state index contributed by atoms with van der Waals surface area (Å²) in [4.78, 5) is 38.5. The second-order valence-corrected chi connectivity index (χ2v) is 9.69. The van der Waals surface area contributed by atoms with Gasteiger partial charge in [-0.3, -0.25) is 9.59 Å². The molecule has 38 heavy (non-hydrogen) atoms. The fraction of sp³-hybridized carbons (Fsp3) is 0.286. The van der Waals surface area contributed by atoms with E-state index in [9.17, 15) is 14.0 Å². The van der Waals surface area contributed by atoms with Crippen molar-refractivity contribution in [2.24, 2.45) is 5.73 Å². The van der Waals surface area contributed by atoms with E-state index in [-0.39, 0.29) is 28.4 Å². The zero-order valence-corrected chi connectivity index (χ0v) is 21.4. The minimum Gasteiger partial charge on any atom is -0.365 e. The molecule has 0 unspecified atom stereocenters. The highest BCUT2D eigenvalue weighted by molar-refractivity contribution is 5.96. The molecule has 1 amide bonds. The third kappa shape index (κ3) is 5.41. The first-order valence-electron chi connectivity index (χ1n) is 12.5. The van der Waals surface area contributed by atoms with Gasteiger partial charge in [-0.1, -0.05) is 12.1 Å². The first-order chi connectivity index (χ1) is 18.3. The number of nitrogens with one attached hydrogen (secondary N) is 1. The molecule has 1 fully saturated rings. The lowest BCUT2D eigenvalue weighted by Gasteiger charge is -2.32. The maximum atomic E-state index is 13.9. The van der Waals surface area contributed by atoms with Gasteiger partial charge in [0.2, 0.25) is 11.4 Å². The largest absolute Gasteiger partial charge is 0.365 e. The third-order valence-electron chi connectivity index (χ3n) is 6.95. The molecule has 5 rings (SSSR count). The molecule has 1 saturated heterocycles. The van der Waals surface area contributed by atoms with Crippen LogP contribution in [0.2, 0.25) is 0 Å². The summed E-state index contributed by atoms with van der Waals surface area (Å²) in [5.41, 5.74) is 7.95. The zero-order chi connectivity index (χ0) is 26.8. The Labute approximate surface area is 219 Å².